The van der Waals surface area contributed by atoms with E-state index in [2.05, 4.69) is 33.0 Å². The van der Waals surface area contributed by atoms with Crippen LogP contribution < -0.4 is 4.90 Å². The lowest BCUT2D eigenvalue weighted by Gasteiger charge is -2.50. The van der Waals surface area contributed by atoms with Gasteiger partial charge in [0.25, 0.3) is 0 Å². The molecule has 1 aliphatic carbocycles. The fraction of sp³-hybridized carbons (Fsp3) is 0.545. The Morgan fingerprint density at radius 3 is 2.55 bits per heavy atom. The molecule has 0 amide bonds. The highest BCUT2D eigenvalue weighted by Gasteiger charge is 2.40. The summed E-state index contributed by atoms with van der Waals surface area (Å²) < 4.78 is 22.4. The van der Waals surface area contributed by atoms with Gasteiger partial charge in [0, 0.05) is 44.4 Å². The summed E-state index contributed by atoms with van der Waals surface area (Å²) in [5.41, 5.74) is 3.10. The van der Waals surface area contributed by atoms with E-state index in [1.54, 1.807) is 6.20 Å². The van der Waals surface area contributed by atoms with Gasteiger partial charge in [-0.3, -0.25) is 9.58 Å². The first-order valence-electron chi connectivity index (χ1n) is 10.9. The van der Waals surface area contributed by atoms with Crippen LogP contribution in [0.3, 0.4) is 0 Å². The fourth-order valence-electron chi connectivity index (χ4n) is 4.92. The lowest BCUT2D eigenvalue weighted by atomic mass is 9.91. The van der Waals surface area contributed by atoms with Crippen LogP contribution in [-0.4, -0.2) is 75.6 Å². The van der Waals surface area contributed by atoms with Crippen LogP contribution in [-0.2, 0) is 4.74 Å². The number of rotatable bonds is 4. The van der Waals surface area contributed by atoms with E-state index in [0.717, 1.165) is 66.7 Å². The smallest absolute Gasteiger partial charge is 0.104 e. The fourth-order valence-corrected chi connectivity index (χ4v) is 5.22. The minimum absolute atomic E-state index is 0.148. The van der Waals surface area contributed by atoms with Crippen molar-refractivity contribution in [2.75, 3.05) is 44.3 Å². The average Bonchev–Trinajstić information content (AvgIpc) is 3.36. The van der Waals surface area contributed by atoms with Gasteiger partial charge >= 0.3 is 0 Å². The first-order chi connectivity index (χ1) is 15.0. The van der Waals surface area contributed by atoms with Gasteiger partial charge in [-0.1, -0.05) is 11.6 Å². The number of halogens is 2. The maximum absolute atomic E-state index is 13.2. The molecule has 0 radical (unpaired) electrons. The van der Waals surface area contributed by atoms with Gasteiger partial charge in [-0.25, -0.2) is 9.07 Å². The lowest BCUT2D eigenvalue weighted by molar-refractivity contribution is -0.131. The van der Waals surface area contributed by atoms with Crippen LogP contribution in [0.25, 0.3) is 16.6 Å². The highest BCUT2D eigenvalue weighted by Crippen LogP contribution is 2.36. The number of hydrogen-bond donors (Lipinski definition) is 0. The SMILES string of the molecule is CC1(N2CCN(c3cc4c(cnn4-c4cnn([C@H]5C[C@H](F)C5)c4)cc3Cl)CC2)COC1. The molecule has 0 atom stereocenters. The second kappa shape index (κ2) is 7.18. The van der Waals surface area contributed by atoms with E-state index in [9.17, 15) is 4.39 Å². The summed E-state index contributed by atoms with van der Waals surface area (Å²) in [5.74, 6) is 0. The molecule has 31 heavy (non-hydrogen) atoms. The maximum Gasteiger partial charge on any atom is 0.104 e. The minimum Gasteiger partial charge on any atom is -0.377 e. The van der Waals surface area contributed by atoms with Crippen LogP contribution in [0.5, 0.6) is 0 Å². The molecule has 1 saturated carbocycles. The molecule has 2 aromatic heterocycles. The second-order valence-electron chi connectivity index (χ2n) is 9.28. The molecule has 2 aliphatic heterocycles. The largest absolute Gasteiger partial charge is 0.377 e. The van der Waals surface area contributed by atoms with Crippen molar-refractivity contribution in [3.8, 4) is 5.69 Å². The van der Waals surface area contributed by atoms with Crippen LogP contribution in [0.2, 0.25) is 5.02 Å². The van der Waals surface area contributed by atoms with E-state index in [1.807, 2.05) is 27.8 Å². The number of hydrogen-bond acceptors (Lipinski definition) is 5. The lowest BCUT2D eigenvalue weighted by Crippen LogP contribution is -2.64. The van der Waals surface area contributed by atoms with Gasteiger partial charge in [0.2, 0.25) is 0 Å². The van der Waals surface area contributed by atoms with Crippen molar-refractivity contribution in [1.29, 1.82) is 0 Å². The second-order valence-corrected chi connectivity index (χ2v) is 9.69. The number of nitrogens with zero attached hydrogens (tertiary/aromatic N) is 6. The van der Waals surface area contributed by atoms with Crippen molar-refractivity contribution in [2.24, 2.45) is 0 Å². The number of aromatic nitrogens is 4. The molecule has 0 N–H and O–H groups in total. The molecular formula is C22H26ClFN6O. The molecule has 3 aliphatic rings. The van der Waals surface area contributed by atoms with Gasteiger partial charge in [-0.2, -0.15) is 10.2 Å². The van der Waals surface area contributed by atoms with Gasteiger partial charge in [0.1, 0.15) is 11.9 Å². The monoisotopic (exact) mass is 444 g/mol. The summed E-state index contributed by atoms with van der Waals surface area (Å²) >= 11 is 6.68. The molecule has 9 heteroatoms. The Morgan fingerprint density at radius 1 is 1.10 bits per heavy atom. The highest BCUT2D eigenvalue weighted by atomic mass is 35.5. The number of piperazine rings is 1. The topological polar surface area (TPSA) is 51.3 Å². The van der Waals surface area contributed by atoms with E-state index in [0.29, 0.717) is 12.8 Å². The zero-order chi connectivity index (χ0) is 21.2. The third-order valence-corrected chi connectivity index (χ3v) is 7.41. The number of fused-ring (bicyclic) bond motifs is 1. The molecule has 2 saturated heterocycles. The van der Waals surface area contributed by atoms with E-state index in [1.165, 1.54) is 0 Å². The normalized spacial score (nSPS) is 26.1. The number of benzene rings is 1. The molecule has 164 valence electrons. The van der Waals surface area contributed by atoms with Crippen molar-refractivity contribution >= 4 is 28.2 Å². The first-order valence-corrected chi connectivity index (χ1v) is 11.3. The molecule has 1 aromatic carbocycles. The Hall–Kier alpha value is -2.16. The summed E-state index contributed by atoms with van der Waals surface area (Å²) in [5, 5.41) is 10.8. The number of anilines is 1. The Bertz CT molecular complexity index is 1110. The average molecular weight is 445 g/mol. The summed E-state index contributed by atoms with van der Waals surface area (Å²) in [6.45, 7) is 7.77. The van der Waals surface area contributed by atoms with Gasteiger partial charge in [-0.05, 0) is 19.1 Å². The Morgan fingerprint density at radius 2 is 1.87 bits per heavy atom. The summed E-state index contributed by atoms with van der Waals surface area (Å²) in [7, 11) is 0. The number of alkyl halides is 1. The molecule has 7 nitrogen and oxygen atoms in total. The summed E-state index contributed by atoms with van der Waals surface area (Å²) in [6, 6.07) is 4.27. The first kappa shape index (κ1) is 19.5. The predicted molar refractivity (Wildman–Crippen MR) is 118 cm³/mol. The van der Waals surface area contributed by atoms with Crippen molar-refractivity contribution in [3.63, 3.8) is 0 Å². The maximum atomic E-state index is 13.2. The highest BCUT2D eigenvalue weighted by molar-refractivity contribution is 6.34. The zero-order valence-corrected chi connectivity index (χ0v) is 18.3. The van der Waals surface area contributed by atoms with Crippen LogP contribution in [0, 0.1) is 0 Å². The predicted octanol–water partition coefficient (Wildman–Crippen LogP) is 3.46. The molecule has 3 fully saturated rings. The van der Waals surface area contributed by atoms with E-state index in [-0.39, 0.29) is 11.6 Å². The van der Waals surface area contributed by atoms with Crippen LogP contribution in [0.15, 0.2) is 30.7 Å². The van der Waals surface area contributed by atoms with Crippen molar-refractivity contribution in [1.82, 2.24) is 24.5 Å². The third kappa shape index (κ3) is 3.23. The summed E-state index contributed by atoms with van der Waals surface area (Å²) in [4.78, 5) is 4.89. The minimum atomic E-state index is -0.701. The van der Waals surface area contributed by atoms with Crippen molar-refractivity contribution in [2.45, 2.75) is 37.5 Å². The molecule has 0 unspecified atom stereocenters. The van der Waals surface area contributed by atoms with Gasteiger partial charge in [-0.15, -0.1) is 0 Å². The van der Waals surface area contributed by atoms with Crippen molar-refractivity contribution < 1.29 is 9.13 Å². The van der Waals surface area contributed by atoms with E-state index < -0.39 is 6.17 Å². The van der Waals surface area contributed by atoms with Crippen LogP contribution in [0.4, 0.5) is 10.1 Å². The standard InChI is InChI=1S/C22H26ClFN6O/c1-22(13-31-14-22)28-4-2-27(3-5-28)21-9-20-15(6-19(21)23)10-26-30(20)18-11-25-29(12-18)17-7-16(24)8-17/h6,9-12,16-17H,2-5,7-8,13-14H2,1H3/t16-,17-. The molecule has 0 bridgehead atoms. The quantitative estimate of drug-likeness (QED) is 0.617. The molecular weight excluding hydrogens is 419 g/mol. The van der Waals surface area contributed by atoms with Gasteiger partial charge < -0.3 is 9.64 Å². The Labute approximate surface area is 185 Å². The van der Waals surface area contributed by atoms with E-state index >= 15 is 0 Å². The number of ether oxygens (including phenoxy) is 1. The Kier molecular flexibility index (Phi) is 4.52. The Balaban J connectivity index is 1.26. The molecule has 4 heterocycles. The zero-order valence-electron chi connectivity index (χ0n) is 17.5. The van der Waals surface area contributed by atoms with Crippen LogP contribution in [0.1, 0.15) is 25.8 Å². The van der Waals surface area contributed by atoms with Crippen LogP contribution >= 0.6 is 11.6 Å². The molecule has 3 aromatic rings. The van der Waals surface area contributed by atoms with E-state index in [4.69, 9.17) is 16.3 Å². The molecule has 0 spiro atoms. The molecule has 6 rings (SSSR count). The van der Waals surface area contributed by atoms with Gasteiger partial charge in [0.05, 0.1) is 59.6 Å². The van der Waals surface area contributed by atoms with Crippen molar-refractivity contribution in [3.05, 3.63) is 35.7 Å². The third-order valence-electron chi connectivity index (χ3n) is 7.11. The summed E-state index contributed by atoms with van der Waals surface area (Å²) in [6.07, 6.45) is 5.96. The van der Waals surface area contributed by atoms with Gasteiger partial charge in [0.15, 0.2) is 0 Å².